The minimum absolute atomic E-state index is 0.107. The Balaban J connectivity index is 2.20. The Bertz CT molecular complexity index is 836. The lowest BCUT2D eigenvalue weighted by Crippen LogP contribution is -2.10. The summed E-state index contributed by atoms with van der Waals surface area (Å²) in [4.78, 5) is 4.87. The molecule has 0 N–H and O–H groups in total. The fraction of sp³-hybridized carbons (Fsp3) is 0.350. The number of hydrogen-bond donors (Lipinski definition) is 0. The Kier molecular flexibility index (Phi) is 3.97. The van der Waals surface area contributed by atoms with Gasteiger partial charge in [-0.1, -0.05) is 51.1 Å². The minimum atomic E-state index is -0.107. The maximum absolute atomic E-state index is 6.47. The summed E-state index contributed by atoms with van der Waals surface area (Å²) in [5.41, 5.74) is 6.74. The van der Waals surface area contributed by atoms with E-state index in [0.29, 0.717) is 0 Å². The number of fused-ring (bicyclic) bond motifs is 1. The van der Waals surface area contributed by atoms with E-state index in [9.17, 15) is 0 Å². The van der Waals surface area contributed by atoms with E-state index in [2.05, 4.69) is 62.4 Å². The van der Waals surface area contributed by atoms with Gasteiger partial charge in [0.05, 0.1) is 16.8 Å². The van der Waals surface area contributed by atoms with Crippen LogP contribution in [-0.4, -0.2) is 9.38 Å². The number of benzene rings is 1. The van der Waals surface area contributed by atoms with Crippen LogP contribution in [0.25, 0.3) is 16.9 Å². The second-order valence-corrected chi connectivity index (χ2v) is 7.83. The molecular weight excluding hydrogens is 304 g/mol. The molecule has 3 rings (SSSR count). The Morgan fingerprint density at radius 2 is 1.74 bits per heavy atom. The molecule has 0 amide bonds. The molecule has 0 aliphatic heterocycles. The Morgan fingerprint density at radius 1 is 1.09 bits per heavy atom. The van der Waals surface area contributed by atoms with Crippen LogP contribution in [0.4, 0.5) is 0 Å². The predicted molar refractivity (Wildman–Crippen MR) is 98.3 cm³/mol. The zero-order valence-electron chi connectivity index (χ0n) is 14.4. The molecule has 1 unspecified atom stereocenters. The van der Waals surface area contributed by atoms with Crippen molar-refractivity contribution >= 4 is 17.2 Å². The highest BCUT2D eigenvalue weighted by atomic mass is 35.5. The lowest BCUT2D eigenvalue weighted by molar-refractivity contribution is 0.590. The first kappa shape index (κ1) is 16.1. The molecule has 0 radical (unpaired) electrons. The van der Waals surface area contributed by atoms with Crippen LogP contribution in [0, 0.1) is 6.92 Å². The van der Waals surface area contributed by atoms with Gasteiger partial charge in [-0.25, -0.2) is 4.98 Å². The molecule has 1 aromatic carbocycles. The predicted octanol–water partition coefficient (Wildman–Crippen LogP) is 5.91. The van der Waals surface area contributed by atoms with Crippen LogP contribution >= 0.6 is 11.6 Å². The summed E-state index contributed by atoms with van der Waals surface area (Å²) in [7, 11) is 0. The van der Waals surface area contributed by atoms with E-state index >= 15 is 0 Å². The van der Waals surface area contributed by atoms with Crippen LogP contribution in [0.5, 0.6) is 0 Å². The van der Waals surface area contributed by atoms with Crippen LogP contribution in [0.15, 0.2) is 42.6 Å². The van der Waals surface area contributed by atoms with E-state index < -0.39 is 0 Å². The fourth-order valence-corrected chi connectivity index (χ4v) is 3.15. The summed E-state index contributed by atoms with van der Waals surface area (Å²) in [6, 6.07) is 12.8. The summed E-state index contributed by atoms with van der Waals surface area (Å²) in [6.45, 7) is 10.8. The third-order valence-electron chi connectivity index (χ3n) is 4.28. The summed E-state index contributed by atoms with van der Waals surface area (Å²) in [5.74, 6) is 0. The van der Waals surface area contributed by atoms with Crippen molar-refractivity contribution in [2.75, 3.05) is 0 Å². The molecule has 0 bridgehead atoms. The molecule has 0 aliphatic rings. The molecule has 0 saturated carbocycles. The SMILES string of the molecule is Cc1cccn2c(C(C)Cl)c(-c3ccc(C(C)(C)C)cc3)nc12. The average molecular weight is 327 g/mol. The van der Waals surface area contributed by atoms with Gasteiger partial charge in [-0.3, -0.25) is 0 Å². The van der Waals surface area contributed by atoms with Crippen molar-refractivity contribution in [3.63, 3.8) is 0 Å². The molecule has 0 aliphatic carbocycles. The first-order valence-electron chi connectivity index (χ1n) is 8.01. The van der Waals surface area contributed by atoms with Crippen LogP contribution in [0.1, 0.15) is 49.9 Å². The molecule has 0 fully saturated rings. The number of alkyl halides is 1. The summed E-state index contributed by atoms with van der Waals surface area (Å²) in [6.07, 6.45) is 2.04. The first-order chi connectivity index (χ1) is 10.8. The number of pyridine rings is 1. The van der Waals surface area contributed by atoms with E-state index in [-0.39, 0.29) is 10.8 Å². The second-order valence-electron chi connectivity index (χ2n) is 7.17. The normalized spacial score (nSPS) is 13.5. The zero-order chi connectivity index (χ0) is 16.8. The summed E-state index contributed by atoms with van der Waals surface area (Å²) in [5, 5.41) is -0.107. The third-order valence-corrected chi connectivity index (χ3v) is 4.49. The molecule has 3 aromatic rings. The molecule has 1 atom stereocenters. The van der Waals surface area contributed by atoms with E-state index in [0.717, 1.165) is 28.2 Å². The van der Waals surface area contributed by atoms with Crippen LogP contribution in [-0.2, 0) is 5.41 Å². The van der Waals surface area contributed by atoms with Crippen LogP contribution in [0.3, 0.4) is 0 Å². The topological polar surface area (TPSA) is 17.3 Å². The lowest BCUT2D eigenvalue weighted by Gasteiger charge is -2.19. The molecule has 0 saturated heterocycles. The number of hydrogen-bond acceptors (Lipinski definition) is 1. The molecule has 23 heavy (non-hydrogen) atoms. The number of halogens is 1. The number of imidazole rings is 1. The van der Waals surface area contributed by atoms with Crippen molar-refractivity contribution in [1.82, 2.24) is 9.38 Å². The maximum Gasteiger partial charge on any atom is 0.140 e. The average Bonchev–Trinajstić information content (AvgIpc) is 2.87. The van der Waals surface area contributed by atoms with Gasteiger partial charge < -0.3 is 4.40 Å². The monoisotopic (exact) mass is 326 g/mol. The van der Waals surface area contributed by atoms with E-state index in [4.69, 9.17) is 16.6 Å². The van der Waals surface area contributed by atoms with Crippen molar-refractivity contribution in [2.24, 2.45) is 0 Å². The van der Waals surface area contributed by atoms with Gasteiger partial charge in [-0.15, -0.1) is 11.6 Å². The maximum atomic E-state index is 6.47. The standard InChI is InChI=1S/C20H23ClN2/c1-13-7-6-12-23-18(14(2)21)17(22-19(13)23)15-8-10-16(11-9-15)20(3,4)5/h6-12,14H,1-5H3. The fourth-order valence-electron chi connectivity index (χ4n) is 2.94. The lowest BCUT2D eigenvalue weighted by atomic mass is 9.86. The van der Waals surface area contributed by atoms with Crippen molar-refractivity contribution in [3.05, 3.63) is 59.4 Å². The highest BCUT2D eigenvalue weighted by Gasteiger charge is 2.20. The molecule has 0 spiro atoms. The summed E-state index contributed by atoms with van der Waals surface area (Å²) < 4.78 is 2.11. The quantitative estimate of drug-likeness (QED) is 0.535. The smallest absolute Gasteiger partial charge is 0.140 e. The minimum Gasteiger partial charge on any atom is -0.302 e. The summed E-state index contributed by atoms with van der Waals surface area (Å²) >= 11 is 6.47. The second kappa shape index (κ2) is 5.68. The van der Waals surface area contributed by atoms with Gasteiger partial charge >= 0.3 is 0 Å². The Morgan fingerprint density at radius 3 is 2.30 bits per heavy atom. The Hall–Kier alpha value is -1.80. The van der Waals surface area contributed by atoms with Gasteiger partial charge in [0.1, 0.15) is 5.65 Å². The number of aromatic nitrogens is 2. The van der Waals surface area contributed by atoms with Gasteiger partial charge in [0.25, 0.3) is 0 Å². The van der Waals surface area contributed by atoms with Gasteiger partial charge in [-0.2, -0.15) is 0 Å². The van der Waals surface area contributed by atoms with Crippen molar-refractivity contribution in [1.29, 1.82) is 0 Å². The number of nitrogens with zero attached hydrogens (tertiary/aromatic N) is 2. The van der Waals surface area contributed by atoms with Gasteiger partial charge in [0.15, 0.2) is 0 Å². The van der Waals surface area contributed by atoms with Gasteiger partial charge in [-0.05, 0) is 36.5 Å². The first-order valence-corrected chi connectivity index (χ1v) is 8.45. The van der Waals surface area contributed by atoms with Gasteiger partial charge in [0.2, 0.25) is 0 Å². The van der Waals surface area contributed by atoms with E-state index in [1.54, 1.807) is 0 Å². The molecule has 120 valence electrons. The third kappa shape index (κ3) is 2.88. The van der Waals surface area contributed by atoms with Crippen molar-refractivity contribution < 1.29 is 0 Å². The van der Waals surface area contributed by atoms with Crippen molar-refractivity contribution in [2.45, 2.75) is 45.4 Å². The van der Waals surface area contributed by atoms with Crippen molar-refractivity contribution in [3.8, 4) is 11.3 Å². The molecule has 2 heterocycles. The van der Waals surface area contributed by atoms with Crippen LogP contribution < -0.4 is 0 Å². The van der Waals surface area contributed by atoms with E-state index in [1.807, 2.05) is 19.2 Å². The molecule has 2 nitrogen and oxygen atoms in total. The van der Waals surface area contributed by atoms with E-state index in [1.165, 1.54) is 5.56 Å². The number of rotatable bonds is 2. The van der Waals surface area contributed by atoms with Gasteiger partial charge in [0, 0.05) is 11.8 Å². The zero-order valence-corrected chi connectivity index (χ0v) is 15.1. The molecule has 3 heteroatoms. The Labute approximate surface area is 143 Å². The highest BCUT2D eigenvalue weighted by Crippen LogP contribution is 2.34. The number of aryl methyl sites for hydroxylation is 1. The molecular formula is C20H23ClN2. The largest absolute Gasteiger partial charge is 0.302 e. The highest BCUT2D eigenvalue weighted by molar-refractivity contribution is 6.20. The van der Waals surface area contributed by atoms with Crippen LogP contribution in [0.2, 0.25) is 0 Å². The molecule has 2 aromatic heterocycles.